The number of hydrogen-bond acceptors (Lipinski definition) is 5. The van der Waals surface area contributed by atoms with Crippen molar-refractivity contribution in [1.29, 1.82) is 0 Å². The number of rotatable bonds is 6. The molecule has 2 rings (SSSR count). The maximum atomic E-state index is 4.63. The topological polar surface area (TPSA) is 62.7 Å². The number of aromatic nitrogens is 3. The van der Waals surface area contributed by atoms with Crippen LogP contribution in [0.1, 0.15) is 35.9 Å². The van der Waals surface area contributed by atoms with Crippen LogP contribution in [0.15, 0.2) is 18.5 Å². The highest BCUT2D eigenvalue weighted by molar-refractivity contribution is 5.57. The normalized spacial score (nSPS) is 10.5. The number of nitrogens with zero attached hydrogens (tertiary/aromatic N) is 3. The highest BCUT2D eigenvalue weighted by Gasteiger charge is 2.10. The molecule has 0 unspecified atom stereocenters. The van der Waals surface area contributed by atoms with Gasteiger partial charge in [0.1, 0.15) is 17.5 Å². The van der Waals surface area contributed by atoms with Gasteiger partial charge in [-0.25, -0.2) is 9.97 Å². The molecule has 0 atom stereocenters. The predicted molar refractivity (Wildman–Crippen MR) is 86.6 cm³/mol. The first kappa shape index (κ1) is 15.2. The third-order valence-corrected chi connectivity index (χ3v) is 3.50. The summed E-state index contributed by atoms with van der Waals surface area (Å²) in [5.41, 5.74) is 3.45. The smallest absolute Gasteiger partial charge is 0.135 e. The van der Waals surface area contributed by atoms with Gasteiger partial charge >= 0.3 is 0 Å². The van der Waals surface area contributed by atoms with Crippen LogP contribution in [0.2, 0.25) is 0 Å². The van der Waals surface area contributed by atoms with Crippen molar-refractivity contribution in [3.63, 3.8) is 0 Å². The largest absolute Gasteiger partial charge is 0.373 e. The second kappa shape index (κ2) is 7.02. The number of aryl methyl sites for hydroxylation is 2. The molecule has 0 aliphatic carbocycles. The summed E-state index contributed by atoms with van der Waals surface area (Å²) < 4.78 is 0. The van der Waals surface area contributed by atoms with E-state index < -0.39 is 0 Å². The Bertz CT molecular complexity index is 610. The molecule has 0 aromatic carbocycles. The van der Waals surface area contributed by atoms with Gasteiger partial charge in [0.05, 0.1) is 0 Å². The van der Waals surface area contributed by atoms with E-state index in [1.54, 1.807) is 0 Å². The molecule has 2 aromatic heterocycles. The molecule has 112 valence electrons. The number of anilines is 2. The quantitative estimate of drug-likeness (QED) is 0.854. The first-order valence-corrected chi connectivity index (χ1v) is 7.34. The summed E-state index contributed by atoms with van der Waals surface area (Å²) in [4.78, 5) is 13.3. The van der Waals surface area contributed by atoms with Crippen molar-refractivity contribution in [2.75, 3.05) is 17.7 Å². The van der Waals surface area contributed by atoms with Gasteiger partial charge in [-0.15, -0.1) is 0 Å². The van der Waals surface area contributed by atoms with Crippen molar-refractivity contribution >= 4 is 11.6 Å². The summed E-state index contributed by atoms with van der Waals surface area (Å²) in [6, 6.07) is 2.02. The zero-order chi connectivity index (χ0) is 15.2. The second-order valence-corrected chi connectivity index (χ2v) is 5.12. The lowest BCUT2D eigenvalue weighted by Gasteiger charge is -2.14. The Kier molecular flexibility index (Phi) is 5.09. The Hall–Kier alpha value is -2.17. The molecule has 5 nitrogen and oxygen atoms in total. The van der Waals surface area contributed by atoms with E-state index in [0.717, 1.165) is 35.9 Å². The van der Waals surface area contributed by atoms with Gasteiger partial charge in [-0.05, 0) is 37.5 Å². The Morgan fingerprint density at radius 1 is 1.14 bits per heavy atom. The van der Waals surface area contributed by atoms with Crippen molar-refractivity contribution in [3.05, 3.63) is 41.0 Å². The highest BCUT2D eigenvalue weighted by atomic mass is 15.1. The lowest BCUT2D eigenvalue weighted by atomic mass is 10.1. The molecule has 2 aromatic rings. The monoisotopic (exact) mass is 285 g/mol. The van der Waals surface area contributed by atoms with Crippen LogP contribution < -0.4 is 10.6 Å². The predicted octanol–water partition coefficient (Wildman–Crippen LogP) is 3.09. The lowest BCUT2D eigenvalue weighted by molar-refractivity contribution is 0.831. The standard InChI is InChI=1S/C16H23N5/c1-5-6-14-20-15(17-4)12(3)16(21-14)19-10-13-9-18-8-7-11(13)2/h7-9H,5-6,10H2,1-4H3,(H2,17,19,20,21). The molecule has 0 aliphatic rings. The van der Waals surface area contributed by atoms with Crippen LogP contribution in [0.4, 0.5) is 11.6 Å². The maximum Gasteiger partial charge on any atom is 0.135 e. The Morgan fingerprint density at radius 2 is 1.90 bits per heavy atom. The molecule has 0 radical (unpaired) electrons. The number of hydrogen-bond donors (Lipinski definition) is 2. The summed E-state index contributed by atoms with van der Waals surface area (Å²) in [5.74, 6) is 2.65. The van der Waals surface area contributed by atoms with E-state index in [1.165, 1.54) is 11.1 Å². The van der Waals surface area contributed by atoms with Crippen molar-refractivity contribution in [2.45, 2.75) is 40.2 Å². The molecule has 0 amide bonds. The Morgan fingerprint density at radius 3 is 2.57 bits per heavy atom. The molecule has 0 bridgehead atoms. The van der Waals surface area contributed by atoms with E-state index in [0.29, 0.717) is 6.54 Å². The number of nitrogens with one attached hydrogen (secondary N) is 2. The van der Waals surface area contributed by atoms with Gasteiger partial charge in [0.2, 0.25) is 0 Å². The molecule has 0 fully saturated rings. The van der Waals surface area contributed by atoms with Crippen molar-refractivity contribution in [1.82, 2.24) is 15.0 Å². The SMILES string of the molecule is CCCc1nc(NC)c(C)c(NCc2cnccc2C)n1. The van der Waals surface area contributed by atoms with Crippen LogP contribution in [0.5, 0.6) is 0 Å². The highest BCUT2D eigenvalue weighted by Crippen LogP contribution is 2.21. The van der Waals surface area contributed by atoms with Crippen LogP contribution in [0.25, 0.3) is 0 Å². The van der Waals surface area contributed by atoms with Gasteiger partial charge < -0.3 is 10.6 Å². The molecule has 2 heterocycles. The third-order valence-electron chi connectivity index (χ3n) is 3.50. The van der Waals surface area contributed by atoms with Crippen molar-refractivity contribution < 1.29 is 0 Å². The zero-order valence-electron chi connectivity index (χ0n) is 13.2. The van der Waals surface area contributed by atoms with E-state index >= 15 is 0 Å². The summed E-state index contributed by atoms with van der Waals surface area (Å²) in [6.07, 6.45) is 5.63. The summed E-state index contributed by atoms with van der Waals surface area (Å²) in [7, 11) is 1.89. The van der Waals surface area contributed by atoms with Crippen LogP contribution >= 0.6 is 0 Å². The van der Waals surface area contributed by atoms with Gasteiger partial charge in [-0.2, -0.15) is 0 Å². The third kappa shape index (κ3) is 3.68. The average Bonchev–Trinajstić information content (AvgIpc) is 2.49. The molecule has 0 aliphatic heterocycles. The molecular weight excluding hydrogens is 262 g/mol. The van der Waals surface area contributed by atoms with Crippen LogP contribution in [0.3, 0.4) is 0 Å². The first-order chi connectivity index (χ1) is 10.2. The zero-order valence-corrected chi connectivity index (χ0v) is 13.2. The minimum Gasteiger partial charge on any atom is -0.373 e. The summed E-state index contributed by atoms with van der Waals surface area (Å²) in [5, 5.41) is 6.55. The van der Waals surface area contributed by atoms with Gasteiger partial charge in [0.25, 0.3) is 0 Å². The second-order valence-electron chi connectivity index (χ2n) is 5.12. The fourth-order valence-corrected chi connectivity index (χ4v) is 2.17. The van der Waals surface area contributed by atoms with E-state index in [4.69, 9.17) is 0 Å². The molecule has 5 heteroatoms. The van der Waals surface area contributed by atoms with E-state index in [2.05, 4.69) is 39.4 Å². The van der Waals surface area contributed by atoms with E-state index in [1.807, 2.05) is 32.4 Å². The summed E-state index contributed by atoms with van der Waals surface area (Å²) >= 11 is 0. The van der Waals surface area contributed by atoms with Gasteiger partial charge in [0.15, 0.2) is 0 Å². The number of pyridine rings is 1. The fraction of sp³-hybridized carbons (Fsp3) is 0.438. The Balaban J connectivity index is 2.22. The fourth-order valence-electron chi connectivity index (χ4n) is 2.17. The van der Waals surface area contributed by atoms with E-state index in [-0.39, 0.29) is 0 Å². The molecule has 0 saturated carbocycles. The van der Waals surface area contributed by atoms with Gasteiger partial charge in [-0.1, -0.05) is 6.92 Å². The summed E-state index contributed by atoms with van der Waals surface area (Å²) in [6.45, 7) is 6.97. The average molecular weight is 285 g/mol. The molecule has 0 spiro atoms. The molecular formula is C16H23N5. The van der Waals surface area contributed by atoms with Crippen LogP contribution in [-0.4, -0.2) is 22.0 Å². The first-order valence-electron chi connectivity index (χ1n) is 7.34. The van der Waals surface area contributed by atoms with E-state index in [9.17, 15) is 0 Å². The molecule has 2 N–H and O–H groups in total. The van der Waals surface area contributed by atoms with Crippen LogP contribution in [0, 0.1) is 13.8 Å². The molecule has 21 heavy (non-hydrogen) atoms. The van der Waals surface area contributed by atoms with Gasteiger partial charge in [0, 0.05) is 38.0 Å². The minimum absolute atomic E-state index is 0.715. The minimum atomic E-state index is 0.715. The lowest BCUT2D eigenvalue weighted by Crippen LogP contribution is -2.10. The maximum absolute atomic E-state index is 4.63. The van der Waals surface area contributed by atoms with Gasteiger partial charge in [-0.3, -0.25) is 4.98 Å². The van der Waals surface area contributed by atoms with Crippen molar-refractivity contribution in [2.24, 2.45) is 0 Å². The Labute approximate surface area is 126 Å². The van der Waals surface area contributed by atoms with Crippen molar-refractivity contribution in [3.8, 4) is 0 Å². The van der Waals surface area contributed by atoms with Crippen LogP contribution in [-0.2, 0) is 13.0 Å². The molecule has 0 saturated heterocycles.